The summed E-state index contributed by atoms with van der Waals surface area (Å²) < 4.78 is 27.6. The van der Waals surface area contributed by atoms with Crippen LogP contribution in [0.2, 0.25) is 0 Å². The van der Waals surface area contributed by atoms with Gasteiger partial charge in [0.25, 0.3) is 21.6 Å². The molecule has 0 aliphatic rings. The summed E-state index contributed by atoms with van der Waals surface area (Å²) in [6.45, 7) is 0. The minimum Gasteiger partial charge on any atom is -0.322 e. The van der Waals surface area contributed by atoms with Crippen LogP contribution in [0.5, 0.6) is 0 Å². The maximum atomic E-state index is 13.2. The number of hydrogen-bond acceptors (Lipinski definition) is 6. The highest BCUT2D eigenvalue weighted by Crippen LogP contribution is 2.24. The second-order valence-electron chi connectivity index (χ2n) is 7.58. The number of amides is 1. The number of rotatable bonds is 8. The molecule has 0 spiro atoms. The summed E-state index contributed by atoms with van der Waals surface area (Å²) in [4.78, 5) is 27.8. The lowest BCUT2D eigenvalue weighted by molar-refractivity contribution is -0.384. The van der Waals surface area contributed by atoms with Crippen molar-refractivity contribution in [2.45, 2.75) is 4.90 Å². The van der Waals surface area contributed by atoms with Crippen molar-refractivity contribution < 1.29 is 18.1 Å². The molecule has 10 heteroatoms. The second-order valence-corrected chi connectivity index (χ2v) is 9.26. The van der Waals surface area contributed by atoms with Gasteiger partial charge in [-0.1, -0.05) is 48.5 Å². The van der Waals surface area contributed by atoms with E-state index in [4.69, 9.17) is 0 Å². The van der Waals surface area contributed by atoms with Crippen LogP contribution < -0.4 is 10.0 Å². The van der Waals surface area contributed by atoms with E-state index in [1.165, 1.54) is 48.7 Å². The quantitative estimate of drug-likeness (QED) is 0.152. The van der Waals surface area contributed by atoms with Crippen LogP contribution in [0, 0.1) is 10.1 Å². The molecular formula is C26H20N4O5S. The standard InChI is InChI=1S/C26H20N4O5S/c31-26(24(20-8-2-1-3-9-20)18-19-7-6-10-22(17-19)30(32)33)28-21-12-14-23(15-13-21)36(34,35)29-25-11-4-5-16-27-25/h1-18H,(H,27,29)(H,28,31)/b24-18+. The van der Waals surface area contributed by atoms with E-state index in [0.29, 0.717) is 16.8 Å². The summed E-state index contributed by atoms with van der Waals surface area (Å²) in [7, 11) is -3.86. The lowest BCUT2D eigenvalue weighted by Crippen LogP contribution is -2.15. The van der Waals surface area contributed by atoms with Crippen molar-refractivity contribution in [3.63, 3.8) is 0 Å². The fraction of sp³-hybridized carbons (Fsp3) is 0. The summed E-state index contributed by atoms with van der Waals surface area (Å²) in [5, 5.41) is 13.9. The molecule has 0 unspecified atom stereocenters. The van der Waals surface area contributed by atoms with E-state index < -0.39 is 20.9 Å². The van der Waals surface area contributed by atoms with Gasteiger partial charge in [0, 0.05) is 29.6 Å². The maximum Gasteiger partial charge on any atom is 0.270 e. The Hall–Kier alpha value is -4.83. The van der Waals surface area contributed by atoms with Crippen molar-refractivity contribution in [3.05, 3.63) is 124 Å². The van der Waals surface area contributed by atoms with Crippen molar-refractivity contribution >= 4 is 44.8 Å². The van der Waals surface area contributed by atoms with Crippen molar-refractivity contribution in [1.82, 2.24) is 4.98 Å². The Balaban J connectivity index is 1.58. The minimum absolute atomic E-state index is 0.00146. The van der Waals surface area contributed by atoms with Gasteiger partial charge in [-0.2, -0.15) is 0 Å². The first-order chi connectivity index (χ1) is 17.3. The van der Waals surface area contributed by atoms with Gasteiger partial charge in [0.15, 0.2) is 0 Å². The highest BCUT2D eigenvalue weighted by atomic mass is 32.2. The number of benzene rings is 3. The van der Waals surface area contributed by atoms with Crippen LogP contribution >= 0.6 is 0 Å². The number of hydrogen-bond donors (Lipinski definition) is 2. The SMILES string of the molecule is O=C(Nc1ccc(S(=O)(=O)Nc2ccccn2)cc1)/C(=C/c1cccc([N+](=O)[O-])c1)c1ccccc1. The number of nitrogens with one attached hydrogen (secondary N) is 2. The Bertz CT molecular complexity index is 1520. The third kappa shape index (κ3) is 5.99. The number of non-ortho nitro benzene ring substituents is 1. The fourth-order valence-corrected chi connectivity index (χ4v) is 4.34. The molecule has 0 aliphatic carbocycles. The first kappa shape index (κ1) is 24.3. The molecule has 3 aromatic carbocycles. The first-order valence-corrected chi connectivity index (χ1v) is 12.2. The molecule has 36 heavy (non-hydrogen) atoms. The van der Waals surface area contributed by atoms with Crippen LogP contribution in [0.15, 0.2) is 108 Å². The molecule has 0 aliphatic heterocycles. The number of nitrogens with zero attached hydrogens (tertiary/aromatic N) is 2. The predicted molar refractivity (Wildman–Crippen MR) is 138 cm³/mol. The zero-order chi connectivity index (χ0) is 25.5. The highest BCUT2D eigenvalue weighted by molar-refractivity contribution is 7.92. The van der Waals surface area contributed by atoms with Crippen LogP contribution in [0.4, 0.5) is 17.2 Å². The van der Waals surface area contributed by atoms with Crippen LogP contribution in [0.3, 0.4) is 0 Å². The van der Waals surface area contributed by atoms with Gasteiger partial charge in [-0.05, 0) is 53.6 Å². The van der Waals surface area contributed by atoms with E-state index in [1.807, 2.05) is 6.07 Å². The summed E-state index contributed by atoms with van der Waals surface area (Å²) in [6, 6.07) is 25.4. The summed E-state index contributed by atoms with van der Waals surface area (Å²) in [6.07, 6.45) is 3.04. The van der Waals surface area contributed by atoms with Crippen LogP contribution in [-0.4, -0.2) is 24.2 Å². The average molecular weight is 501 g/mol. The van der Waals surface area contributed by atoms with Gasteiger partial charge in [0.1, 0.15) is 5.82 Å². The lowest BCUT2D eigenvalue weighted by Gasteiger charge is -2.11. The Labute approximate surface area is 207 Å². The van der Waals surface area contributed by atoms with Crippen LogP contribution in [0.1, 0.15) is 11.1 Å². The average Bonchev–Trinajstić information content (AvgIpc) is 2.88. The van der Waals surface area contributed by atoms with Crippen molar-refractivity contribution in [3.8, 4) is 0 Å². The van der Waals surface area contributed by atoms with Crippen LogP contribution in [-0.2, 0) is 14.8 Å². The zero-order valence-electron chi connectivity index (χ0n) is 18.7. The number of aromatic nitrogens is 1. The molecule has 2 N–H and O–H groups in total. The molecule has 0 radical (unpaired) electrons. The van der Waals surface area contributed by atoms with Gasteiger partial charge in [0.2, 0.25) is 0 Å². The van der Waals surface area contributed by atoms with E-state index in [9.17, 15) is 23.3 Å². The second kappa shape index (κ2) is 10.6. The molecule has 180 valence electrons. The smallest absolute Gasteiger partial charge is 0.270 e. The summed E-state index contributed by atoms with van der Waals surface area (Å²) >= 11 is 0. The van der Waals surface area contributed by atoms with Crippen molar-refractivity contribution in [2.75, 3.05) is 10.0 Å². The van der Waals surface area contributed by atoms with Crippen molar-refractivity contribution in [1.29, 1.82) is 0 Å². The Morgan fingerprint density at radius 2 is 1.61 bits per heavy atom. The van der Waals surface area contributed by atoms with Gasteiger partial charge in [-0.15, -0.1) is 0 Å². The molecule has 0 saturated carbocycles. The van der Waals surface area contributed by atoms with Gasteiger partial charge >= 0.3 is 0 Å². The fourth-order valence-electron chi connectivity index (χ4n) is 3.33. The van der Waals surface area contributed by atoms with E-state index in [0.717, 1.165) is 0 Å². The van der Waals surface area contributed by atoms with Gasteiger partial charge < -0.3 is 5.32 Å². The summed E-state index contributed by atoms with van der Waals surface area (Å²) in [5.74, 6) is -0.274. The molecule has 1 aromatic heterocycles. The molecule has 4 rings (SSSR count). The highest BCUT2D eigenvalue weighted by Gasteiger charge is 2.17. The predicted octanol–water partition coefficient (Wildman–Crippen LogP) is 4.97. The normalized spacial score (nSPS) is 11.5. The van der Waals surface area contributed by atoms with E-state index in [1.54, 1.807) is 54.6 Å². The number of sulfonamides is 1. The minimum atomic E-state index is -3.86. The van der Waals surface area contributed by atoms with Crippen LogP contribution in [0.25, 0.3) is 11.6 Å². The monoisotopic (exact) mass is 500 g/mol. The van der Waals surface area contributed by atoms with Gasteiger partial charge in [0.05, 0.1) is 9.82 Å². The van der Waals surface area contributed by atoms with Crippen molar-refractivity contribution in [2.24, 2.45) is 0 Å². The number of carbonyl (C=O) groups excluding carboxylic acids is 1. The molecule has 0 fully saturated rings. The summed E-state index contributed by atoms with van der Waals surface area (Å²) in [5.41, 5.74) is 1.66. The maximum absolute atomic E-state index is 13.2. The topological polar surface area (TPSA) is 131 Å². The number of pyridine rings is 1. The first-order valence-electron chi connectivity index (χ1n) is 10.7. The molecule has 1 heterocycles. The Kier molecular flexibility index (Phi) is 7.17. The van der Waals surface area contributed by atoms with E-state index in [-0.39, 0.29) is 22.0 Å². The van der Waals surface area contributed by atoms with Gasteiger partial charge in [-0.3, -0.25) is 19.6 Å². The number of nitro groups is 1. The molecule has 9 nitrogen and oxygen atoms in total. The zero-order valence-corrected chi connectivity index (χ0v) is 19.6. The molecule has 0 atom stereocenters. The third-order valence-corrected chi connectivity index (χ3v) is 6.42. The third-order valence-electron chi connectivity index (χ3n) is 5.05. The van der Waals surface area contributed by atoms with E-state index >= 15 is 0 Å². The molecule has 0 saturated heterocycles. The van der Waals surface area contributed by atoms with Gasteiger partial charge in [-0.25, -0.2) is 13.4 Å². The number of carbonyl (C=O) groups is 1. The Morgan fingerprint density at radius 1 is 0.889 bits per heavy atom. The largest absolute Gasteiger partial charge is 0.322 e. The molecule has 4 aromatic rings. The number of nitro benzene ring substituents is 1. The lowest BCUT2D eigenvalue weighted by atomic mass is 10.0. The molecular weight excluding hydrogens is 480 g/mol. The van der Waals surface area contributed by atoms with E-state index in [2.05, 4.69) is 15.0 Å². The number of anilines is 2. The molecule has 1 amide bonds. The molecule has 0 bridgehead atoms. The Morgan fingerprint density at radius 3 is 2.28 bits per heavy atom.